The fraction of sp³-hybridized carbons (Fsp3) is 0.500. The minimum Gasteiger partial charge on any atom is -0.389 e. The number of carbonyl (C=O) groups excluding carboxylic acids is 1. The van der Waals surface area contributed by atoms with Crippen LogP contribution in [0, 0.1) is 5.92 Å². The molecule has 1 aromatic rings. The summed E-state index contributed by atoms with van der Waals surface area (Å²) in [6.07, 6.45) is -0.469. The number of aliphatic hydroxyl groups excluding tert-OH is 1. The van der Waals surface area contributed by atoms with Gasteiger partial charge in [0.1, 0.15) is 0 Å². The molecule has 1 amide bonds. The van der Waals surface area contributed by atoms with Gasteiger partial charge in [0.25, 0.3) is 0 Å². The number of carbonyl (C=O) groups is 1. The van der Waals surface area contributed by atoms with Gasteiger partial charge in [-0.1, -0.05) is 38.1 Å². The average molecular weight is 287 g/mol. The molecule has 4 nitrogen and oxygen atoms in total. The SMILES string of the molecule is CC(O)c1ccc(CNC(=O)[C@@H](N)C(C)C)cc1.Cl. The first-order chi connectivity index (χ1) is 8.41. The molecule has 0 aliphatic heterocycles. The molecular weight excluding hydrogens is 264 g/mol. The van der Waals surface area contributed by atoms with Gasteiger partial charge < -0.3 is 16.2 Å². The molecule has 0 fully saturated rings. The van der Waals surface area contributed by atoms with Gasteiger partial charge in [-0.05, 0) is 24.0 Å². The van der Waals surface area contributed by atoms with Crippen LogP contribution in [0.1, 0.15) is 38.0 Å². The van der Waals surface area contributed by atoms with Crippen molar-refractivity contribution in [1.82, 2.24) is 5.32 Å². The molecule has 5 heteroatoms. The van der Waals surface area contributed by atoms with Crippen LogP contribution < -0.4 is 11.1 Å². The van der Waals surface area contributed by atoms with Gasteiger partial charge in [-0.3, -0.25) is 4.79 Å². The highest BCUT2D eigenvalue weighted by Gasteiger charge is 2.16. The maximum absolute atomic E-state index is 11.7. The minimum atomic E-state index is -0.471. The standard InChI is InChI=1S/C14H22N2O2.ClH/c1-9(2)13(15)14(18)16-8-11-4-6-12(7-5-11)10(3)17;/h4-7,9-10,13,17H,8,15H2,1-3H3,(H,16,18);1H/t10?,13-;/m0./s1. The highest BCUT2D eigenvalue weighted by atomic mass is 35.5. The molecule has 4 N–H and O–H groups in total. The van der Waals surface area contributed by atoms with Crippen LogP contribution in [0.25, 0.3) is 0 Å². The van der Waals surface area contributed by atoms with Gasteiger partial charge in [0, 0.05) is 6.54 Å². The zero-order chi connectivity index (χ0) is 13.7. The van der Waals surface area contributed by atoms with Crippen LogP contribution in [0.2, 0.25) is 0 Å². The largest absolute Gasteiger partial charge is 0.389 e. The summed E-state index contributed by atoms with van der Waals surface area (Å²) in [6.45, 7) is 6.02. The van der Waals surface area contributed by atoms with E-state index in [4.69, 9.17) is 5.73 Å². The molecule has 1 unspecified atom stereocenters. The van der Waals surface area contributed by atoms with Crippen molar-refractivity contribution in [2.75, 3.05) is 0 Å². The molecule has 19 heavy (non-hydrogen) atoms. The van der Waals surface area contributed by atoms with Crippen LogP contribution in [0.3, 0.4) is 0 Å². The quantitative estimate of drug-likeness (QED) is 0.772. The number of hydrogen-bond donors (Lipinski definition) is 3. The van der Waals surface area contributed by atoms with Crippen LogP contribution >= 0.6 is 12.4 Å². The number of halogens is 1. The normalized spacial score (nSPS) is 13.6. The van der Waals surface area contributed by atoms with Crippen LogP contribution in [0.5, 0.6) is 0 Å². The van der Waals surface area contributed by atoms with Gasteiger partial charge in [0.15, 0.2) is 0 Å². The Hall–Kier alpha value is -1.10. The molecule has 0 saturated carbocycles. The number of hydrogen-bond acceptors (Lipinski definition) is 3. The molecule has 0 bridgehead atoms. The minimum absolute atomic E-state index is 0. The summed E-state index contributed by atoms with van der Waals surface area (Å²) in [5.74, 6) is -0.00721. The average Bonchev–Trinajstić information content (AvgIpc) is 2.35. The number of aliphatic hydroxyl groups is 1. The zero-order valence-corrected chi connectivity index (χ0v) is 12.4. The lowest BCUT2D eigenvalue weighted by Crippen LogP contribution is -2.43. The Kier molecular flexibility index (Phi) is 7.68. The Bertz CT molecular complexity index is 391. The summed E-state index contributed by atoms with van der Waals surface area (Å²) in [4.78, 5) is 11.7. The molecule has 2 atom stereocenters. The summed E-state index contributed by atoms with van der Waals surface area (Å²) in [5, 5.41) is 12.2. The van der Waals surface area contributed by atoms with Gasteiger partial charge in [-0.25, -0.2) is 0 Å². The summed E-state index contributed by atoms with van der Waals surface area (Å²) in [5.41, 5.74) is 7.60. The second kappa shape index (κ2) is 8.15. The molecule has 0 spiro atoms. The van der Waals surface area contributed by atoms with Gasteiger partial charge >= 0.3 is 0 Å². The number of benzene rings is 1. The van der Waals surface area contributed by atoms with E-state index in [2.05, 4.69) is 5.32 Å². The second-order valence-corrected chi connectivity index (χ2v) is 4.91. The predicted molar refractivity (Wildman–Crippen MR) is 79.0 cm³/mol. The molecule has 0 heterocycles. The fourth-order valence-corrected chi connectivity index (χ4v) is 1.52. The first-order valence-electron chi connectivity index (χ1n) is 6.22. The third-order valence-electron chi connectivity index (χ3n) is 2.95. The van der Waals surface area contributed by atoms with Crippen molar-refractivity contribution in [2.45, 2.75) is 39.5 Å². The Balaban J connectivity index is 0.00000324. The molecule has 1 rings (SSSR count). The van der Waals surface area contributed by atoms with Crippen molar-refractivity contribution in [1.29, 1.82) is 0 Å². The summed E-state index contributed by atoms with van der Waals surface area (Å²) in [7, 11) is 0. The van der Waals surface area contributed by atoms with Crippen molar-refractivity contribution < 1.29 is 9.90 Å². The van der Waals surface area contributed by atoms with E-state index in [0.29, 0.717) is 6.54 Å². The highest BCUT2D eigenvalue weighted by Crippen LogP contribution is 2.12. The van der Waals surface area contributed by atoms with E-state index in [9.17, 15) is 9.90 Å². The summed E-state index contributed by atoms with van der Waals surface area (Å²) in [6, 6.07) is 7.02. The van der Waals surface area contributed by atoms with E-state index in [1.807, 2.05) is 38.1 Å². The van der Waals surface area contributed by atoms with Crippen molar-refractivity contribution in [3.63, 3.8) is 0 Å². The Morgan fingerprint density at radius 1 is 1.26 bits per heavy atom. The highest BCUT2D eigenvalue weighted by molar-refractivity contribution is 5.85. The number of nitrogens with one attached hydrogen (secondary N) is 1. The van der Waals surface area contributed by atoms with E-state index in [-0.39, 0.29) is 24.2 Å². The van der Waals surface area contributed by atoms with Gasteiger partial charge in [0.05, 0.1) is 12.1 Å². The predicted octanol–water partition coefficient (Wildman–Crippen LogP) is 1.76. The molecule has 0 radical (unpaired) electrons. The first kappa shape index (κ1) is 17.9. The molecule has 0 aromatic heterocycles. The van der Waals surface area contributed by atoms with Gasteiger partial charge in [-0.15, -0.1) is 12.4 Å². The maximum atomic E-state index is 11.7. The van der Waals surface area contributed by atoms with Crippen molar-refractivity contribution in [3.8, 4) is 0 Å². The Morgan fingerprint density at radius 2 is 1.79 bits per heavy atom. The van der Waals surface area contributed by atoms with Crippen LogP contribution in [0.15, 0.2) is 24.3 Å². The van der Waals surface area contributed by atoms with E-state index in [0.717, 1.165) is 11.1 Å². The lowest BCUT2D eigenvalue weighted by Gasteiger charge is -2.15. The second-order valence-electron chi connectivity index (χ2n) is 4.91. The smallest absolute Gasteiger partial charge is 0.237 e. The van der Waals surface area contributed by atoms with E-state index >= 15 is 0 Å². The third-order valence-corrected chi connectivity index (χ3v) is 2.95. The number of amides is 1. The van der Waals surface area contributed by atoms with E-state index < -0.39 is 12.1 Å². The van der Waals surface area contributed by atoms with Crippen molar-refractivity contribution >= 4 is 18.3 Å². The Morgan fingerprint density at radius 3 is 2.21 bits per heavy atom. The topological polar surface area (TPSA) is 75.3 Å². The van der Waals surface area contributed by atoms with Gasteiger partial charge in [0.2, 0.25) is 5.91 Å². The lowest BCUT2D eigenvalue weighted by atomic mass is 10.0. The van der Waals surface area contributed by atoms with Crippen molar-refractivity contribution in [3.05, 3.63) is 35.4 Å². The van der Waals surface area contributed by atoms with E-state index in [1.165, 1.54) is 0 Å². The molecule has 0 aliphatic carbocycles. The van der Waals surface area contributed by atoms with Gasteiger partial charge in [-0.2, -0.15) is 0 Å². The molecule has 108 valence electrons. The van der Waals surface area contributed by atoms with E-state index in [1.54, 1.807) is 6.92 Å². The van der Waals surface area contributed by atoms with Crippen LogP contribution in [-0.2, 0) is 11.3 Å². The first-order valence-corrected chi connectivity index (χ1v) is 6.22. The molecule has 0 saturated heterocycles. The van der Waals surface area contributed by atoms with Crippen LogP contribution in [0.4, 0.5) is 0 Å². The Labute approximate surface area is 120 Å². The number of nitrogens with two attached hydrogens (primary N) is 1. The zero-order valence-electron chi connectivity index (χ0n) is 11.6. The maximum Gasteiger partial charge on any atom is 0.237 e. The molecule has 1 aromatic carbocycles. The molecular formula is C14H23ClN2O2. The lowest BCUT2D eigenvalue weighted by molar-refractivity contribution is -0.123. The summed E-state index contributed by atoms with van der Waals surface area (Å²) >= 11 is 0. The monoisotopic (exact) mass is 286 g/mol. The third kappa shape index (κ3) is 5.59. The summed E-state index contributed by atoms with van der Waals surface area (Å²) < 4.78 is 0. The number of rotatable bonds is 5. The van der Waals surface area contributed by atoms with Crippen molar-refractivity contribution in [2.24, 2.45) is 11.7 Å². The molecule has 0 aliphatic rings. The fourth-order valence-electron chi connectivity index (χ4n) is 1.52. The van der Waals surface area contributed by atoms with Crippen LogP contribution in [-0.4, -0.2) is 17.1 Å².